The average molecular weight is 468 g/mol. The molecule has 2 saturated carbocycles. The largest absolute Gasteiger partial charge is 0.393 e. The zero-order valence-electron chi connectivity index (χ0n) is 18.3. The number of hydrogen-bond donors (Lipinski definition) is 2. The molecule has 2 saturated heterocycles. The summed E-state index contributed by atoms with van der Waals surface area (Å²) in [6.07, 6.45) is 2.39. The zero-order chi connectivity index (χ0) is 24.0. The summed E-state index contributed by atoms with van der Waals surface area (Å²) in [4.78, 5) is 72.7. The Labute approximate surface area is 194 Å². The van der Waals surface area contributed by atoms with Crippen molar-refractivity contribution in [2.75, 3.05) is 10.6 Å². The fourth-order valence-electron chi connectivity index (χ4n) is 5.57. The lowest BCUT2D eigenvalue weighted by atomic mass is 9.75. The van der Waals surface area contributed by atoms with E-state index in [2.05, 4.69) is 10.6 Å². The summed E-state index contributed by atoms with van der Waals surface area (Å²) in [6, 6.07) is 6.71. The van der Waals surface area contributed by atoms with Crippen LogP contribution in [-0.2, 0) is 38.2 Å². The lowest BCUT2D eigenvalue weighted by Gasteiger charge is -2.27. The van der Waals surface area contributed by atoms with Crippen LogP contribution in [0, 0.1) is 35.5 Å². The molecular formula is C24H24N2O8. The third kappa shape index (κ3) is 4.08. The molecule has 2 N–H and O–H groups in total. The maximum absolute atomic E-state index is 12.8. The van der Waals surface area contributed by atoms with Gasteiger partial charge in [-0.05, 0) is 56.7 Å². The van der Waals surface area contributed by atoms with Crippen LogP contribution in [0.3, 0.4) is 0 Å². The number of hydrogen-bond acceptors (Lipinski definition) is 8. The molecule has 0 aromatic heterocycles. The molecule has 6 atom stereocenters. The quantitative estimate of drug-likeness (QED) is 0.503. The molecule has 34 heavy (non-hydrogen) atoms. The maximum Gasteiger partial charge on any atom is 0.317 e. The van der Waals surface area contributed by atoms with Gasteiger partial charge >= 0.3 is 23.9 Å². The van der Waals surface area contributed by atoms with E-state index in [0.717, 1.165) is 0 Å². The summed E-state index contributed by atoms with van der Waals surface area (Å²) in [5.74, 6) is -5.47. The Morgan fingerprint density at radius 2 is 1.06 bits per heavy atom. The zero-order valence-corrected chi connectivity index (χ0v) is 18.3. The molecule has 2 heterocycles. The molecule has 10 heteroatoms. The summed E-state index contributed by atoms with van der Waals surface area (Å²) in [7, 11) is 0. The van der Waals surface area contributed by atoms with E-state index in [0.29, 0.717) is 37.1 Å². The van der Waals surface area contributed by atoms with Gasteiger partial charge in [-0.15, -0.1) is 0 Å². The molecule has 1 aromatic carbocycles. The predicted molar refractivity (Wildman–Crippen MR) is 115 cm³/mol. The Morgan fingerprint density at radius 3 is 1.50 bits per heavy atom. The summed E-state index contributed by atoms with van der Waals surface area (Å²) in [5, 5.41) is 5.65. The Morgan fingerprint density at radius 1 is 0.647 bits per heavy atom. The van der Waals surface area contributed by atoms with Crippen molar-refractivity contribution < 1.29 is 38.2 Å². The van der Waals surface area contributed by atoms with Crippen molar-refractivity contribution >= 4 is 47.1 Å². The van der Waals surface area contributed by atoms with Gasteiger partial charge in [-0.2, -0.15) is 0 Å². The Kier molecular flexibility index (Phi) is 5.66. The van der Waals surface area contributed by atoms with Crippen molar-refractivity contribution in [1.29, 1.82) is 0 Å². The van der Waals surface area contributed by atoms with E-state index in [1.807, 2.05) is 0 Å². The predicted octanol–water partition coefficient (Wildman–Crippen LogP) is 1.80. The SMILES string of the molecule is O=C(Nc1cccc(NC(=O)C2CCC3C(=O)OC(=O)C3C2)c1)C1CCC2C(=O)OC(=O)C2C1. The van der Waals surface area contributed by atoms with Gasteiger partial charge in [0.25, 0.3) is 0 Å². The number of carbonyl (C=O) groups is 6. The second-order valence-corrected chi connectivity index (χ2v) is 9.49. The number of cyclic esters (lactones) is 4. The first-order valence-electron chi connectivity index (χ1n) is 11.5. The number of rotatable bonds is 4. The van der Waals surface area contributed by atoms with Crippen molar-refractivity contribution in [1.82, 2.24) is 0 Å². The number of carbonyl (C=O) groups excluding carboxylic acids is 6. The molecule has 4 fully saturated rings. The molecular weight excluding hydrogens is 444 g/mol. The second-order valence-electron chi connectivity index (χ2n) is 9.49. The summed E-state index contributed by atoms with van der Waals surface area (Å²) in [6.45, 7) is 0. The summed E-state index contributed by atoms with van der Waals surface area (Å²) >= 11 is 0. The number of nitrogens with one attached hydrogen (secondary N) is 2. The van der Waals surface area contributed by atoms with Crippen LogP contribution in [0.25, 0.3) is 0 Å². The van der Waals surface area contributed by atoms with Crippen LogP contribution in [0.1, 0.15) is 38.5 Å². The third-order valence-electron chi connectivity index (χ3n) is 7.45. The third-order valence-corrected chi connectivity index (χ3v) is 7.45. The van der Waals surface area contributed by atoms with Crippen molar-refractivity contribution in [2.24, 2.45) is 35.5 Å². The first kappa shape index (κ1) is 22.2. The normalized spacial score (nSPS) is 32.4. The van der Waals surface area contributed by atoms with E-state index in [1.54, 1.807) is 24.3 Å². The molecule has 1 aromatic rings. The van der Waals surface area contributed by atoms with E-state index in [4.69, 9.17) is 9.47 Å². The molecule has 10 nitrogen and oxygen atoms in total. The molecule has 2 aliphatic carbocycles. The van der Waals surface area contributed by atoms with E-state index in [-0.39, 0.29) is 24.7 Å². The van der Waals surface area contributed by atoms with Gasteiger partial charge in [0.2, 0.25) is 11.8 Å². The number of esters is 4. The highest BCUT2D eigenvalue weighted by atomic mass is 16.6. The topological polar surface area (TPSA) is 145 Å². The van der Waals surface area contributed by atoms with Crippen LogP contribution < -0.4 is 10.6 Å². The van der Waals surface area contributed by atoms with Crippen LogP contribution in [0.15, 0.2) is 24.3 Å². The van der Waals surface area contributed by atoms with Gasteiger partial charge in [-0.3, -0.25) is 28.8 Å². The number of ether oxygens (including phenoxy) is 2. The molecule has 5 rings (SSSR count). The van der Waals surface area contributed by atoms with Crippen LogP contribution in [0.4, 0.5) is 11.4 Å². The highest BCUT2D eigenvalue weighted by molar-refractivity contribution is 6.00. The highest BCUT2D eigenvalue weighted by Crippen LogP contribution is 2.41. The summed E-state index contributed by atoms with van der Waals surface area (Å²) in [5.41, 5.74) is 0.979. The molecule has 0 radical (unpaired) electrons. The van der Waals surface area contributed by atoms with E-state index < -0.39 is 59.4 Å². The molecule has 0 spiro atoms. The maximum atomic E-state index is 12.8. The monoisotopic (exact) mass is 468 g/mol. The van der Waals surface area contributed by atoms with Gasteiger partial charge in [-0.1, -0.05) is 6.07 Å². The van der Waals surface area contributed by atoms with Crippen LogP contribution in [0.5, 0.6) is 0 Å². The number of anilines is 2. The minimum atomic E-state index is -0.565. The summed E-state index contributed by atoms with van der Waals surface area (Å²) < 4.78 is 9.40. The van der Waals surface area contributed by atoms with Crippen molar-refractivity contribution in [3.05, 3.63) is 24.3 Å². The molecule has 0 bridgehead atoms. The van der Waals surface area contributed by atoms with Gasteiger partial charge in [0, 0.05) is 23.2 Å². The molecule has 6 unspecified atom stereocenters. The lowest BCUT2D eigenvalue weighted by molar-refractivity contribution is -0.155. The van der Waals surface area contributed by atoms with E-state index in [1.165, 1.54) is 0 Å². The fraction of sp³-hybridized carbons (Fsp3) is 0.500. The molecule has 4 aliphatic rings. The first-order chi connectivity index (χ1) is 16.3. The Bertz CT molecular complexity index is 1020. The smallest absolute Gasteiger partial charge is 0.317 e. The minimum Gasteiger partial charge on any atom is -0.393 e. The fourth-order valence-corrected chi connectivity index (χ4v) is 5.57. The van der Waals surface area contributed by atoms with E-state index >= 15 is 0 Å². The minimum absolute atomic E-state index is 0.253. The van der Waals surface area contributed by atoms with Gasteiger partial charge in [0.1, 0.15) is 0 Å². The Hall–Kier alpha value is -3.56. The first-order valence-corrected chi connectivity index (χ1v) is 11.5. The van der Waals surface area contributed by atoms with Crippen molar-refractivity contribution in [3.8, 4) is 0 Å². The highest BCUT2D eigenvalue weighted by Gasteiger charge is 2.49. The molecule has 178 valence electrons. The van der Waals surface area contributed by atoms with Crippen molar-refractivity contribution in [2.45, 2.75) is 38.5 Å². The average Bonchev–Trinajstić information content (AvgIpc) is 3.27. The number of benzene rings is 1. The lowest BCUT2D eigenvalue weighted by Crippen LogP contribution is -2.34. The van der Waals surface area contributed by atoms with Gasteiger partial charge in [0.05, 0.1) is 23.7 Å². The number of fused-ring (bicyclic) bond motifs is 2. The number of amides is 2. The van der Waals surface area contributed by atoms with Crippen LogP contribution in [0.2, 0.25) is 0 Å². The van der Waals surface area contributed by atoms with Crippen LogP contribution >= 0.6 is 0 Å². The standard InChI is InChI=1S/C24H24N2O8/c27-19(11-4-6-15-17(8-11)23(31)33-21(15)29)25-13-2-1-3-14(10-13)26-20(28)12-5-7-16-18(9-12)24(32)34-22(16)30/h1-3,10-12,15-18H,4-9H2,(H,25,27)(H,26,28). The Balaban J connectivity index is 1.18. The van der Waals surface area contributed by atoms with E-state index in [9.17, 15) is 28.8 Å². The van der Waals surface area contributed by atoms with Gasteiger partial charge in [0.15, 0.2) is 0 Å². The van der Waals surface area contributed by atoms with Gasteiger partial charge in [-0.25, -0.2) is 0 Å². The van der Waals surface area contributed by atoms with Crippen molar-refractivity contribution in [3.63, 3.8) is 0 Å². The molecule has 2 amide bonds. The van der Waals surface area contributed by atoms with Crippen LogP contribution in [-0.4, -0.2) is 35.7 Å². The van der Waals surface area contributed by atoms with Gasteiger partial charge < -0.3 is 20.1 Å². The second kappa shape index (κ2) is 8.66. The molecule has 2 aliphatic heterocycles.